The predicted octanol–water partition coefficient (Wildman–Crippen LogP) is 3.14. The van der Waals surface area contributed by atoms with Crippen molar-refractivity contribution in [3.05, 3.63) is 29.3 Å². The third kappa shape index (κ3) is 4.42. The van der Waals surface area contributed by atoms with Gasteiger partial charge in [0, 0.05) is 17.0 Å². The molecule has 2 unspecified atom stereocenters. The summed E-state index contributed by atoms with van der Waals surface area (Å²) in [6, 6.07) is 6.42. The highest BCUT2D eigenvalue weighted by atomic mass is 35.5. The second kappa shape index (κ2) is 7.55. The number of amides is 1. The van der Waals surface area contributed by atoms with Gasteiger partial charge in [-0.25, -0.2) is 4.79 Å². The summed E-state index contributed by atoms with van der Waals surface area (Å²) in [6.07, 6.45) is 0.385. The molecular formula is C14H18ClNO3S. The Morgan fingerprint density at radius 2 is 1.90 bits per heavy atom. The average molecular weight is 316 g/mol. The van der Waals surface area contributed by atoms with Gasteiger partial charge in [-0.05, 0) is 37.6 Å². The maximum absolute atomic E-state index is 12.2. The molecule has 0 aliphatic rings. The van der Waals surface area contributed by atoms with Gasteiger partial charge in [0.25, 0.3) is 0 Å². The third-order valence-electron chi connectivity index (χ3n) is 2.96. The van der Waals surface area contributed by atoms with Crippen LogP contribution in [0.2, 0.25) is 5.02 Å². The zero-order valence-corrected chi connectivity index (χ0v) is 13.2. The number of rotatable bonds is 6. The van der Waals surface area contributed by atoms with Crippen LogP contribution in [-0.2, 0) is 9.59 Å². The zero-order valence-electron chi connectivity index (χ0n) is 11.7. The summed E-state index contributed by atoms with van der Waals surface area (Å²) < 4.78 is 0. The van der Waals surface area contributed by atoms with E-state index >= 15 is 0 Å². The molecule has 0 saturated carbocycles. The van der Waals surface area contributed by atoms with E-state index in [1.54, 1.807) is 26.0 Å². The van der Waals surface area contributed by atoms with Gasteiger partial charge in [0.15, 0.2) is 0 Å². The van der Waals surface area contributed by atoms with Crippen LogP contribution in [0.15, 0.2) is 29.2 Å². The van der Waals surface area contributed by atoms with E-state index in [2.05, 4.69) is 0 Å². The van der Waals surface area contributed by atoms with Crippen molar-refractivity contribution in [3.8, 4) is 0 Å². The molecular weight excluding hydrogens is 298 g/mol. The normalized spacial score (nSPS) is 13.6. The van der Waals surface area contributed by atoms with E-state index in [4.69, 9.17) is 16.7 Å². The quantitative estimate of drug-likeness (QED) is 0.819. The van der Waals surface area contributed by atoms with Crippen molar-refractivity contribution in [2.45, 2.75) is 36.5 Å². The molecule has 0 aromatic heterocycles. The molecule has 20 heavy (non-hydrogen) atoms. The first kappa shape index (κ1) is 16.9. The molecule has 1 rings (SSSR count). The number of nitrogens with zero attached hydrogens (tertiary/aromatic N) is 1. The van der Waals surface area contributed by atoms with Crippen LogP contribution in [-0.4, -0.2) is 40.2 Å². The van der Waals surface area contributed by atoms with Crippen LogP contribution in [0.5, 0.6) is 0 Å². The van der Waals surface area contributed by atoms with Crippen LogP contribution in [0.1, 0.15) is 20.3 Å². The van der Waals surface area contributed by atoms with Crippen LogP contribution in [0, 0.1) is 0 Å². The Hall–Kier alpha value is -1.20. The third-order valence-corrected chi connectivity index (χ3v) is 4.31. The molecule has 1 amide bonds. The number of likely N-dealkylation sites (N-methyl/N-ethyl adjacent to an activating group) is 1. The number of carboxylic acids is 1. The second-order valence-corrected chi connectivity index (χ2v) is 6.28. The maximum Gasteiger partial charge on any atom is 0.326 e. The van der Waals surface area contributed by atoms with Gasteiger partial charge in [0.2, 0.25) is 5.91 Å². The van der Waals surface area contributed by atoms with E-state index in [-0.39, 0.29) is 11.2 Å². The Bertz CT molecular complexity index is 478. The first-order chi connectivity index (χ1) is 9.36. The molecule has 4 nitrogen and oxygen atoms in total. The molecule has 6 heteroatoms. The first-order valence-corrected chi connectivity index (χ1v) is 7.54. The van der Waals surface area contributed by atoms with E-state index < -0.39 is 12.0 Å². The number of halogens is 1. The zero-order chi connectivity index (χ0) is 15.3. The number of carboxylic acid groups (broad SMARTS) is 1. The average Bonchev–Trinajstić information content (AvgIpc) is 2.40. The molecule has 0 heterocycles. The standard InChI is InChI=1S/C14H18ClNO3S/c1-4-12(14(18)19)16(3)13(17)9(2)20-11-7-5-10(15)6-8-11/h5-9,12H,4H2,1-3H3,(H,18,19). The molecule has 0 aliphatic carbocycles. The summed E-state index contributed by atoms with van der Waals surface area (Å²) in [6.45, 7) is 3.52. The van der Waals surface area contributed by atoms with Crippen molar-refractivity contribution < 1.29 is 14.7 Å². The van der Waals surface area contributed by atoms with Gasteiger partial charge < -0.3 is 10.0 Å². The second-order valence-electron chi connectivity index (χ2n) is 4.43. The Morgan fingerprint density at radius 1 is 1.35 bits per heavy atom. The number of benzene rings is 1. The van der Waals surface area contributed by atoms with Gasteiger partial charge in [-0.3, -0.25) is 4.79 Å². The fraction of sp³-hybridized carbons (Fsp3) is 0.429. The molecule has 0 bridgehead atoms. The lowest BCUT2D eigenvalue weighted by molar-refractivity contribution is -0.148. The monoisotopic (exact) mass is 315 g/mol. The highest BCUT2D eigenvalue weighted by Crippen LogP contribution is 2.26. The molecule has 2 atom stereocenters. The van der Waals surface area contributed by atoms with E-state index in [9.17, 15) is 9.59 Å². The topological polar surface area (TPSA) is 57.6 Å². The van der Waals surface area contributed by atoms with Crippen molar-refractivity contribution >= 4 is 35.2 Å². The highest BCUT2D eigenvalue weighted by Gasteiger charge is 2.28. The minimum absolute atomic E-state index is 0.195. The lowest BCUT2D eigenvalue weighted by Gasteiger charge is -2.26. The summed E-state index contributed by atoms with van der Waals surface area (Å²) in [5.41, 5.74) is 0. The van der Waals surface area contributed by atoms with Gasteiger partial charge in [0.05, 0.1) is 5.25 Å². The van der Waals surface area contributed by atoms with Crippen LogP contribution in [0.4, 0.5) is 0 Å². The SMILES string of the molecule is CCC(C(=O)O)N(C)C(=O)C(C)Sc1ccc(Cl)cc1. The molecule has 0 radical (unpaired) electrons. The summed E-state index contributed by atoms with van der Waals surface area (Å²) in [7, 11) is 1.53. The van der Waals surface area contributed by atoms with Crippen LogP contribution in [0.3, 0.4) is 0 Å². The highest BCUT2D eigenvalue weighted by molar-refractivity contribution is 8.00. The van der Waals surface area contributed by atoms with Crippen LogP contribution in [0.25, 0.3) is 0 Å². The Balaban J connectivity index is 2.71. The number of aliphatic carboxylic acids is 1. The molecule has 1 aromatic rings. The van der Waals surface area contributed by atoms with Crippen molar-refractivity contribution in [1.82, 2.24) is 4.90 Å². The Kier molecular flexibility index (Phi) is 6.36. The van der Waals surface area contributed by atoms with E-state index in [1.807, 2.05) is 12.1 Å². The molecule has 0 aliphatic heterocycles. The van der Waals surface area contributed by atoms with E-state index in [0.717, 1.165) is 4.90 Å². The number of carbonyl (C=O) groups is 2. The Labute approximate surface area is 128 Å². The minimum atomic E-state index is -0.980. The number of carbonyl (C=O) groups excluding carboxylic acids is 1. The molecule has 0 fully saturated rings. The Morgan fingerprint density at radius 3 is 2.35 bits per heavy atom. The minimum Gasteiger partial charge on any atom is -0.480 e. The van der Waals surface area contributed by atoms with Gasteiger partial charge in [-0.1, -0.05) is 18.5 Å². The van der Waals surface area contributed by atoms with Gasteiger partial charge in [-0.15, -0.1) is 11.8 Å². The summed E-state index contributed by atoms with van der Waals surface area (Å²) in [5, 5.41) is 9.37. The maximum atomic E-state index is 12.2. The number of hydrogen-bond donors (Lipinski definition) is 1. The lowest BCUT2D eigenvalue weighted by Crippen LogP contribution is -2.45. The largest absolute Gasteiger partial charge is 0.480 e. The molecule has 1 aromatic carbocycles. The van der Waals surface area contributed by atoms with Crippen molar-refractivity contribution in [1.29, 1.82) is 0 Å². The first-order valence-electron chi connectivity index (χ1n) is 6.28. The van der Waals surface area contributed by atoms with Gasteiger partial charge in [0.1, 0.15) is 6.04 Å². The summed E-state index contributed by atoms with van der Waals surface area (Å²) >= 11 is 7.19. The summed E-state index contributed by atoms with van der Waals surface area (Å²) in [4.78, 5) is 25.5. The lowest BCUT2D eigenvalue weighted by atomic mass is 10.2. The predicted molar refractivity (Wildman–Crippen MR) is 81.3 cm³/mol. The summed E-state index contributed by atoms with van der Waals surface area (Å²) in [5.74, 6) is -1.17. The van der Waals surface area contributed by atoms with Crippen molar-refractivity contribution in [2.24, 2.45) is 0 Å². The van der Waals surface area contributed by atoms with Crippen LogP contribution >= 0.6 is 23.4 Å². The molecule has 0 spiro atoms. The van der Waals surface area contributed by atoms with Crippen LogP contribution < -0.4 is 0 Å². The van der Waals surface area contributed by atoms with Crippen molar-refractivity contribution in [2.75, 3.05) is 7.05 Å². The molecule has 0 saturated heterocycles. The van der Waals surface area contributed by atoms with E-state index in [1.165, 1.54) is 23.7 Å². The van der Waals surface area contributed by atoms with Crippen molar-refractivity contribution in [3.63, 3.8) is 0 Å². The molecule has 1 N–H and O–H groups in total. The van der Waals surface area contributed by atoms with E-state index in [0.29, 0.717) is 11.4 Å². The number of thioether (sulfide) groups is 1. The smallest absolute Gasteiger partial charge is 0.326 e. The fourth-order valence-corrected chi connectivity index (χ4v) is 2.92. The molecule has 110 valence electrons. The van der Waals surface area contributed by atoms with Gasteiger partial charge >= 0.3 is 5.97 Å². The fourth-order valence-electron chi connectivity index (χ4n) is 1.82. The number of hydrogen-bond acceptors (Lipinski definition) is 3. The van der Waals surface area contributed by atoms with Gasteiger partial charge in [-0.2, -0.15) is 0 Å².